The normalized spacial score (nSPS) is 14.5. The first-order valence-corrected chi connectivity index (χ1v) is 8.56. The Balaban J connectivity index is 1.62. The second kappa shape index (κ2) is 6.66. The molecule has 114 valence electrons. The van der Waals surface area contributed by atoms with Gasteiger partial charge in [0.2, 0.25) is 5.91 Å². The van der Waals surface area contributed by atoms with Crippen LogP contribution in [-0.4, -0.2) is 5.91 Å². The summed E-state index contributed by atoms with van der Waals surface area (Å²) in [7, 11) is 0. The second-order valence-electron chi connectivity index (χ2n) is 5.98. The van der Waals surface area contributed by atoms with Gasteiger partial charge in [-0.25, -0.2) is 0 Å². The van der Waals surface area contributed by atoms with E-state index in [1.54, 1.807) is 0 Å². The highest BCUT2D eigenvalue weighted by atomic mass is 79.9. The Bertz CT molecular complexity index is 696. The van der Waals surface area contributed by atoms with Gasteiger partial charge in [-0.15, -0.1) is 0 Å². The molecule has 1 N–H and O–H groups in total. The van der Waals surface area contributed by atoms with Crippen molar-refractivity contribution in [1.29, 1.82) is 0 Å². The fraction of sp³-hybridized carbons (Fsp3) is 0.316. The van der Waals surface area contributed by atoms with E-state index in [4.69, 9.17) is 0 Å². The minimum atomic E-state index is 0.0134. The molecule has 0 saturated carbocycles. The summed E-state index contributed by atoms with van der Waals surface area (Å²) in [5, 5.41) is 3.08. The molecular weight excluding hydrogens is 338 g/mol. The van der Waals surface area contributed by atoms with Gasteiger partial charge in [0.25, 0.3) is 0 Å². The molecule has 2 nitrogen and oxygen atoms in total. The molecule has 0 aliphatic heterocycles. The fourth-order valence-corrected chi connectivity index (χ4v) is 3.49. The van der Waals surface area contributed by atoms with Crippen molar-refractivity contribution in [3.63, 3.8) is 0 Å². The smallest absolute Gasteiger partial charge is 0.224 e. The maximum Gasteiger partial charge on any atom is 0.224 e. The predicted molar refractivity (Wildman–Crippen MR) is 92.9 cm³/mol. The average Bonchev–Trinajstić information content (AvgIpc) is 2.94. The van der Waals surface area contributed by atoms with E-state index in [-0.39, 0.29) is 11.9 Å². The van der Waals surface area contributed by atoms with Crippen molar-refractivity contribution >= 4 is 21.8 Å². The first-order valence-electron chi connectivity index (χ1n) is 7.77. The summed E-state index contributed by atoms with van der Waals surface area (Å²) in [5.41, 5.74) is 5.09. The van der Waals surface area contributed by atoms with E-state index >= 15 is 0 Å². The summed E-state index contributed by atoms with van der Waals surface area (Å²) in [5.74, 6) is 0.0745. The van der Waals surface area contributed by atoms with Gasteiger partial charge in [0.05, 0.1) is 12.5 Å². The zero-order chi connectivity index (χ0) is 15.5. The van der Waals surface area contributed by atoms with E-state index in [0.717, 1.165) is 22.0 Å². The van der Waals surface area contributed by atoms with Gasteiger partial charge < -0.3 is 5.32 Å². The Morgan fingerprint density at radius 3 is 2.82 bits per heavy atom. The number of aryl methyl sites for hydroxylation is 2. The number of fused-ring (bicyclic) bond motifs is 1. The zero-order valence-electron chi connectivity index (χ0n) is 12.7. The minimum absolute atomic E-state index is 0.0134. The molecule has 0 heterocycles. The molecule has 1 aliphatic carbocycles. The van der Waals surface area contributed by atoms with E-state index < -0.39 is 0 Å². The molecule has 2 aromatic carbocycles. The van der Waals surface area contributed by atoms with Crippen molar-refractivity contribution in [2.45, 2.75) is 38.6 Å². The molecule has 0 bridgehead atoms. The number of nitrogens with one attached hydrogen (secondary N) is 1. The fourth-order valence-electron chi connectivity index (χ4n) is 3.07. The molecule has 0 radical (unpaired) electrons. The van der Waals surface area contributed by atoms with Crippen LogP contribution in [0.25, 0.3) is 0 Å². The lowest BCUT2D eigenvalue weighted by atomic mass is 10.0. The van der Waals surface area contributed by atoms with Gasteiger partial charge in [-0.2, -0.15) is 0 Å². The summed E-state index contributed by atoms with van der Waals surface area (Å²) < 4.78 is 1.03. The van der Waals surface area contributed by atoms with Crippen molar-refractivity contribution in [2.75, 3.05) is 0 Å². The van der Waals surface area contributed by atoms with Crippen LogP contribution in [-0.2, 0) is 24.1 Å². The maximum absolute atomic E-state index is 12.3. The van der Waals surface area contributed by atoms with Crippen molar-refractivity contribution in [3.05, 3.63) is 69.2 Å². The molecule has 1 atom stereocenters. The number of halogens is 1. The number of rotatable bonds is 4. The highest BCUT2D eigenvalue weighted by Gasteiger charge is 2.14. The van der Waals surface area contributed by atoms with Crippen LogP contribution in [0.1, 0.15) is 41.6 Å². The van der Waals surface area contributed by atoms with Crippen LogP contribution in [0.4, 0.5) is 0 Å². The third-order valence-corrected chi connectivity index (χ3v) is 4.75. The zero-order valence-corrected chi connectivity index (χ0v) is 14.3. The molecule has 1 unspecified atom stereocenters. The van der Waals surface area contributed by atoms with Crippen molar-refractivity contribution in [1.82, 2.24) is 5.32 Å². The second-order valence-corrected chi connectivity index (χ2v) is 6.89. The molecule has 3 heteroatoms. The molecule has 3 rings (SSSR count). The first-order chi connectivity index (χ1) is 10.6. The van der Waals surface area contributed by atoms with Gasteiger partial charge in [-0.3, -0.25) is 4.79 Å². The molecular formula is C19H20BrNO. The topological polar surface area (TPSA) is 29.1 Å². The molecule has 1 amide bonds. The van der Waals surface area contributed by atoms with Crippen LogP contribution in [0.5, 0.6) is 0 Å². The summed E-state index contributed by atoms with van der Waals surface area (Å²) in [6, 6.07) is 14.5. The molecule has 0 fully saturated rings. The van der Waals surface area contributed by atoms with Crippen LogP contribution in [0.15, 0.2) is 46.9 Å². The third-order valence-electron chi connectivity index (χ3n) is 4.25. The largest absolute Gasteiger partial charge is 0.349 e. The van der Waals surface area contributed by atoms with Gasteiger partial charge in [0.1, 0.15) is 0 Å². The van der Waals surface area contributed by atoms with Crippen molar-refractivity contribution in [2.24, 2.45) is 0 Å². The number of carbonyl (C=O) groups is 1. The van der Waals surface area contributed by atoms with E-state index in [0.29, 0.717) is 6.42 Å². The standard InChI is InChI=1S/C19H20BrNO/c1-13(16-5-3-7-18(20)12-16)21-19(22)11-14-8-9-15-4-2-6-17(15)10-14/h3,5,7-10,12-13H,2,4,6,11H2,1H3,(H,21,22). The Kier molecular flexibility index (Phi) is 4.63. The molecule has 2 aromatic rings. The first kappa shape index (κ1) is 15.3. The Labute approximate surface area is 140 Å². The lowest BCUT2D eigenvalue weighted by Crippen LogP contribution is -2.28. The van der Waals surface area contributed by atoms with E-state index in [1.807, 2.05) is 31.2 Å². The van der Waals surface area contributed by atoms with Crippen molar-refractivity contribution < 1.29 is 4.79 Å². The molecule has 0 saturated heterocycles. The van der Waals surface area contributed by atoms with Gasteiger partial charge in [0.15, 0.2) is 0 Å². The average molecular weight is 358 g/mol. The quantitative estimate of drug-likeness (QED) is 0.865. The van der Waals surface area contributed by atoms with Crippen LogP contribution >= 0.6 is 15.9 Å². The highest BCUT2D eigenvalue weighted by Crippen LogP contribution is 2.23. The maximum atomic E-state index is 12.3. The number of carbonyl (C=O) groups excluding carboxylic acids is 1. The summed E-state index contributed by atoms with van der Waals surface area (Å²) in [6.45, 7) is 2.02. The van der Waals surface area contributed by atoms with Crippen LogP contribution in [0, 0.1) is 0 Å². The number of hydrogen-bond donors (Lipinski definition) is 1. The van der Waals surface area contributed by atoms with E-state index in [9.17, 15) is 4.79 Å². The Morgan fingerprint density at radius 2 is 2.00 bits per heavy atom. The molecule has 1 aliphatic rings. The minimum Gasteiger partial charge on any atom is -0.349 e. The summed E-state index contributed by atoms with van der Waals surface area (Å²) in [4.78, 5) is 12.3. The monoisotopic (exact) mass is 357 g/mol. The number of hydrogen-bond acceptors (Lipinski definition) is 1. The summed E-state index contributed by atoms with van der Waals surface area (Å²) in [6.07, 6.45) is 4.03. The lowest BCUT2D eigenvalue weighted by Gasteiger charge is -2.15. The van der Waals surface area contributed by atoms with E-state index in [2.05, 4.69) is 39.4 Å². The SMILES string of the molecule is CC(NC(=O)Cc1ccc2c(c1)CCC2)c1cccc(Br)c1. The van der Waals surface area contributed by atoms with Gasteiger partial charge in [-0.05, 0) is 60.6 Å². The third kappa shape index (κ3) is 3.58. The van der Waals surface area contributed by atoms with Crippen LogP contribution in [0.3, 0.4) is 0 Å². The van der Waals surface area contributed by atoms with Gasteiger partial charge >= 0.3 is 0 Å². The van der Waals surface area contributed by atoms with Gasteiger partial charge in [-0.1, -0.05) is 46.3 Å². The molecule has 0 aromatic heterocycles. The van der Waals surface area contributed by atoms with Crippen LogP contribution in [0.2, 0.25) is 0 Å². The van der Waals surface area contributed by atoms with Gasteiger partial charge in [0, 0.05) is 4.47 Å². The molecule has 0 spiro atoms. The predicted octanol–water partition coefficient (Wildman–Crippen LogP) is 4.36. The summed E-state index contributed by atoms with van der Waals surface area (Å²) >= 11 is 3.47. The lowest BCUT2D eigenvalue weighted by molar-refractivity contribution is -0.121. The van der Waals surface area contributed by atoms with Crippen molar-refractivity contribution in [3.8, 4) is 0 Å². The van der Waals surface area contributed by atoms with E-state index in [1.165, 1.54) is 24.0 Å². The Hall–Kier alpha value is -1.61. The van der Waals surface area contributed by atoms with Crippen LogP contribution < -0.4 is 5.32 Å². The number of amides is 1. The number of benzene rings is 2. The Morgan fingerprint density at radius 1 is 1.18 bits per heavy atom. The highest BCUT2D eigenvalue weighted by molar-refractivity contribution is 9.10. The molecule has 22 heavy (non-hydrogen) atoms.